The lowest BCUT2D eigenvalue weighted by atomic mass is 10.0. The maximum absolute atomic E-state index is 14.3. The molecule has 0 aliphatic carbocycles. The van der Waals surface area contributed by atoms with Crippen LogP contribution in [0, 0.1) is 0 Å². The Bertz CT molecular complexity index is 1640. The third-order valence-electron chi connectivity index (χ3n) is 7.23. The number of nitrogens with zero attached hydrogens (tertiary/aromatic N) is 2. The van der Waals surface area contributed by atoms with E-state index < -0.39 is 28.5 Å². The lowest BCUT2D eigenvalue weighted by Gasteiger charge is -2.34. The van der Waals surface area contributed by atoms with Gasteiger partial charge in [-0.15, -0.1) is 0 Å². The van der Waals surface area contributed by atoms with E-state index in [1.54, 1.807) is 12.1 Å². The van der Waals surface area contributed by atoms with Crippen LogP contribution in [0.3, 0.4) is 0 Å². The number of benzene rings is 4. The van der Waals surface area contributed by atoms with Crippen LogP contribution in [0.15, 0.2) is 102 Å². The van der Waals surface area contributed by atoms with E-state index >= 15 is 0 Å². The van der Waals surface area contributed by atoms with E-state index in [0.29, 0.717) is 11.1 Å². The molecule has 0 spiro atoms. The predicted molar refractivity (Wildman–Crippen MR) is 173 cm³/mol. The van der Waals surface area contributed by atoms with Crippen LogP contribution in [0.5, 0.6) is 0 Å². The van der Waals surface area contributed by atoms with Gasteiger partial charge >= 0.3 is 0 Å². The van der Waals surface area contributed by atoms with Crippen LogP contribution in [0.2, 0.25) is 0 Å². The zero-order valence-electron chi connectivity index (χ0n) is 24.0. The standard InChI is InChI=1S/C33H36BrN3O4S/c1-4-24(2)35-33(39)31(21-25-12-6-5-7-13-25)36(22-26-14-10-17-28(34)20-26)32(38)23-37(42(3,40)41)30-19-11-16-27-15-8-9-18-29(27)30/h5-20,24,31H,4,21-23H2,1-3H3,(H,35,39)/t24-,31-/m0/s1. The summed E-state index contributed by atoms with van der Waals surface area (Å²) in [7, 11) is -3.87. The molecule has 4 aromatic carbocycles. The van der Waals surface area contributed by atoms with Gasteiger partial charge in [0.1, 0.15) is 12.6 Å². The number of hydrogen-bond acceptors (Lipinski definition) is 4. The monoisotopic (exact) mass is 649 g/mol. The number of sulfonamides is 1. The van der Waals surface area contributed by atoms with Crippen molar-refractivity contribution in [3.05, 3.63) is 113 Å². The molecular formula is C33H36BrN3O4S. The largest absolute Gasteiger partial charge is 0.352 e. The van der Waals surface area contributed by atoms with Gasteiger partial charge in [0.05, 0.1) is 11.9 Å². The van der Waals surface area contributed by atoms with Crippen LogP contribution in [-0.4, -0.2) is 50.0 Å². The zero-order valence-corrected chi connectivity index (χ0v) is 26.4. The molecule has 42 heavy (non-hydrogen) atoms. The molecule has 220 valence electrons. The Morgan fingerprint density at radius 2 is 1.52 bits per heavy atom. The third kappa shape index (κ3) is 7.98. The van der Waals surface area contributed by atoms with Crippen molar-refractivity contribution in [2.45, 2.75) is 45.3 Å². The SMILES string of the molecule is CC[C@H](C)NC(=O)[C@H](Cc1ccccc1)N(Cc1cccc(Br)c1)C(=O)CN(c1cccc2ccccc12)S(C)(=O)=O. The van der Waals surface area contributed by atoms with Crippen LogP contribution < -0.4 is 9.62 Å². The van der Waals surface area contributed by atoms with Gasteiger partial charge in [-0.05, 0) is 48.1 Å². The highest BCUT2D eigenvalue weighted by Gasteiger charge is 2.33. The number of carbonyl (C=O) groups is 2. The molecule has 0 aliphatic rings. The first-order valence-corrected chi connectivity index (χ1v) is 16.5. The third-order valence-corrected chi connectivity index (χ3v) is 8.85. The maximum Gasteiger partial charge on any atom is 0.244 e. The maximum atomic E-state index is 14.3. The number of nitrogens with one attached hydrogen (secondary N) is 1. The van der Waals surface area contributed by atoms with Gasteiger partial charge in [0.2, 0.25) is 21.8 Å². The van der Waals surface area contributed by atoms with Gasteiger partial charge < -0.3 is 10.2 Å². The van der Waals surface area contributed by atoms with Crippen molar-refractivity contribution < 1.29 is 18.0 Å². The number of hydrogen-bond donors (Lipinski definition) is 1. The van der Waals surface area contributed by atoms with Crippen molar-refractivity contribution in [2.24, 2.45) is 0 Å². The lowest BCUT2D eigenvalue weighted by molar-refractivity contribution is -0.140. The zero-order chi connectivity index (χ0) is 30.3. The molecule has 0 bridgehead atoms. The first kappa shape index (κ1) is 31.3. The number of anilines is 1. The number of rotatable bonds is 12. The molecular weight excluding hydrogens is 614 g/mol. The summed E-state index contributed by atoms with van der Waals surface area (Å²) >= 11 is 3.50. The van der Waals surface area contributed by atoms with Gasteiger partial charge in [-0.2, -0.15) is 0 Å². The summed E-state index contributed by atoms with van der Waals surface area (Å²) in [4.78, 5) is 29.6. The number of carbonyl (C=O) groups excluding carboxylic acids is 2. The van der Waals surface area contributed by atoms with Crippen LogP contribution in [0.1, 0.15) is 31.4 Å². The number of halogens is 1. The van der Waals surface area contributed by atoms with Crippen molar-refractivity contribution in [1.82, 2.24) is 10.2 Å². The average Bonchev–Trinajstić information content (AvgIpc) is 2.97. The Morgan fingerprint density at radius 3 is 2.21 bits per heavy atom. The molecule has 4 aromatic rings. The van der Waals surface area contributed by atoms with Crippen LogP contribution in [0.4, 0.5) is 5.69 Å². The predicted octanol–water partition coefficient (Wildman–Crippen LogP) is 5.92. The normalized spacial score (nSPS) is 12.9. The highest BCUT2D eigenvalue weighted by atomic mass is 79.9. The van der Waals surface area contributed by atoms with E-state index in [1.807, 2.05) is 98.8 Å². The van der Waals surface area contributed by atoms with E-state index in [1.165, 1.54) is 4.90 Å². The van der Waals surface area contributed by atoms with Gasteiger partial charge in [0, 0.05) is 28.9 Å². The molecule has 9 heteroatoms. The molecule has 0 fully saturated rings. The summed E-state index contributed by atoms with van der Waals surface area (Å²) in [5, 5.41) is 4.62. The molecule has 2 atom stereocenters. The Hall–Kier alpha value is -3.69. The smallest absolute Gasteiger partial charge is 0.244 e. The van der Waals surface area contributed by atoms with Crippen molar-refractivity contribution in [1.29, 1.82) is 0 Å². The fourth-order valence-electron chi connectivity index (χ4n) is 4.85. The van der Waals surface area contributed by atoms with Gasteiger partial charge in [-0.25, -0.2) is 8.42 Å². The van der Waals surface area contributed by atoms with Crippen molar-refractivity contribution >= 4 is 54.2 Å². The second kappa shape index (κ2) is 14.0. The second-order valence-corrected chi connectivity index (χ2v) is 13.3. The average molecular weight is 651 g/mol. The number of fused-ring (bicyclic) bond motifs is 1. The molecule has 1 N–H and O–H groups in total. The topological polar surface area (TPSA) is 86.8 Å². The Balaban J connectivity index is 1.79. The Kier molecular flexibility index (Phi) is 10.4. The van der Waals surface area contributed by atoms with Crippen molar-refractivity contribution in [3.63, 3.8) is 0 Å². The first-order valence-electron chi connectivity index (χ1n) is 13.9. The quantitative estimate of drug-likeness (QED) is 0.206. The molecule has 0 saturated heterocycles. The fraction of sp³-hybridized carbons (Fsp3) is 0.273. The molecule has 7 nitrogen and oxygen atoms in total. The van der Waals surface area contributed by atoms with Gasteiger partial charge in [0.25, 0.3) is 0 Å². The minimum atomic E-state index is -3.87. The summed E-state index contributed by atoms with van der Waals surface area (Å²) in [6, 6.07) is 28.9. The van der Waals surface area contributed by atoms with E-state index in [-0.39, 0.29) is 24.9 Å². The van der Waals surface area contributed by atoms with Crippen LogP contribution in [-0.2, 0) is 32.6 Å². The minimum absolute atomic E-state index is 0.0956. The fourth-order valence-corrected chi connectivity index (χ4v) is 6.16. The van der Waals surface area contributed by atoms with Gasteiger partial charge in [0.15, 0.2) is 0 Å². The second-order valence-electron chi connectivity index (χ2n) is 10.4. The summed E-state index contributed by atoms with van der Waals surface area (Å²) in [5.41, 5.74) is 2.11. The van der Waals surface area contributed by atoms with Gasteiger partial charge in [-0.1, -0.05) is 102 Å². The highest BCUT2D eigenvalue weighted by molar-refractivity contribution is 9.10. The summed E-state index contributed by atoms with van der Waals surface area (Å²) < 4.78 is 28.3. The molecule has 4 rings (SSSR count). The lowest BCUT2D eigenvalue weighted by Crippen LogP contribution is -2.54. The van der Waals surface area contributed by atoms with E-state index in [4.69, 9.17) is 0 Å². The minimum Gasteiger partial charge on any atom is -0.352 e. The summed E-state index contributed by atoms with van der Waals surface area (Å²) in [5.74, 6) is -0.763. The summed E-state index contributed by atoms with van der Waals surface area (Å²) in [6.07, 6.45) is 2.10. The van der Waals surface area contributed by atoms with E-state index in [0.717, 1.165) is 38.0 Å². The van der Waals surface area contributed by atoms with Crippen LogP contribution >= 0.6 is 15.9 Å². The number of amides is 2. The first-order chi connectivity index (χ1) is 20.1. The van der Waals surface area contributed by atoms with Crippen LogP contribution in [0.25, 0.3) is 10.8 Å². The Labute approximate surface area is 256 Å². The molecule has 0 aliphatic heterocycles. The van der Waals surface area contributed by atoms with Crippen molar-refractivity contribution in [2.75, 3.05) is 17.1 Å². The van der Waals surface area contributed by atoms with Gasteiger partial charge in [-0.3, -0.25) is 13.9 Å². The Morgan fingerprint density at radius 1 is 0.881 bits per heavy atom. The molecule has 0 heterocycles. The molecule has 0 radical (unpaired) electrons. The van der Waals surface area contributed by atoms with E-state index in [9.17, 15) is 18.0 Å². The molecule has 0 unspecified atom stereocenters. The molecule has 2 amide bonds. The molecule has 0 saturated carbocycles. The van der Waals surface area contributed by atoms with E-state index in [2.05, 4.69) is 21.2 Å². The summed E-state index contributed by atoms with van der Waals surface area (Å²) in [6.45, 7) is 3.57. The molecule has 0 aromatic heterocycles. The van der Waals surface area contributed by atoms with Crippen molar-refractivity contribution in [3.8, 4) is 0 Å². The highest BCUT2D eigenvalue weighted by Crippen LogP contribution is 2.29.